The Kier molecular flexibility index (Phi) is 5.57. The monoisotopic (exact) mass is 348 g/mol. The van der Waals surface area contributed by atoms with Crippen LogP contribution in [0.15, 0.2) is 42.5 Å². The van der Waals surface area contributed by atoms with Crippen molar-refractivity contribution in [1.29, 1.82) is 0 Å². The predicted octanol–water partition coefficient (Wildman–Crippen LogP) is 2.47. The van der Waals surface area contributed by atoms with Crippen LogP contribution in [0.1, 0.15) is 5.56 Å². The Labute approximate surface area is 143 Å². The van der Waals surface area contributed by atoms with Crippen molar-refractivity contribution in [3.63, 3.8) is 0 Å². The maximum Gasteiger partial charge on any atom is 0.254 e. The van der Waals surface area contributed by atoms with Crippen LogP contribution in [0, 0.1) is 11.6 Å². The molecule has 1 heterocycles. The zero-order chi connectivity index (χ0) is 17.6. The summed E-state index contributed by atoms with van der Waals surface area (Å²) < 4.78 is 38.0. The summed E-state index contributed by atoms with van der Waals surface area (Å²) in [4.78, 5) is 12.0. The molecule has 0 aromatic heterocycles. The van der Waals surface area contributed by atoms with Gasteiger partial charge in [-0.05, 0) is 29.8 Å². The molecule has 0 saturated carbocycles. The van der Waals surface area contributed by atoms with E-state index < -0.39 is 11.9 Å². The number of nitrogens with one attached hydrogen (secondary N) is 2. The number of halogens is 2. The van der Waals surface area contributed by atoms with Crippen LogP contribution in [0.2, 0.25) is 0 Å². The van der Waals surface area contributed by atoms with Gasteiger partial charge in [-0.15, -0.1) is 0 Å². The molecule has 1 fully saturated rings. The number of carbonyl (C=O) groups excluding carboxylic acids is 1. The average molecular weight is 348 g/mol. The van der Waals surface area contributed by atoms with Crippen LogP contribution in [0.5, 0.6) is 5.75 Å². The number of hydrogen-bond acceptors (Lipinski definition) is 4. The highest BCUT2D eigenvalue weighted by Gasteiger charge is 2.22. The molecule has 2 N–H and O–H groups in total. The molecule has 1 saturated heterocycles. The number of rotatable bonds is 5. The van der Waals surface area contributed by atoms with E-state index in [1.165, 1.54) is 30.3 Å². The van der Waals surface area contributed by atoms with Crippen LogP contribution in [-0.2, 0) is 16.1 Å². The zero-order valence-electron chi connectivity index (χ0n) is 13.4. The van der Waals surface area contributed by atoms with E-state index in [-0.39, 0.29) is 24.1 Å². The Morgan fingerprint density at radius 1 is 1.28 bits per heavy atom. The highest BCUT2D eigenvalue weighted by Crippen LogP contribution is 2.22. The summed E-state index contributed by atoms with van der Waals surface area (Å²) in [5.74, 6) is -1.30. The highest BCUT2D eigenvalue weighted by molar-refractivity contribution is 5.94. The van der Waals surface area contributed by atoms with Gasteiger partial charge >= 0.3 is 0 Å². The van der Waals surface area contributed by atoms with E-state index >= 15 is 0 Å². The number of hydrogen-bond donors (Lipinski definition) is 2. The fourth-order valence-corrected chi connectivity index (χ4v) is 2.44. The molecule has 3 rings (SSSR count). The van der Waals surface area contributed by atoms with Gasteiger partial charge in [-0.2, -0.15) is 0 Å². The number of benzene rings is 2. The number of anilines is 1. The molecule has 0 aliphatic carbocycles. The van der Waals surface area contributed by atoms with Gasteiger partial charge in [-0.1, -0.05) is 12.1 Å². The minimum absolute atomic E-state index is 0.0258. The molecule has 0 radical (unpaired) electrons. The molecule has 1 atom stereocenters. The summed E-state index contributed by atoms with van der Waals surface area (Å²) in [6.45, 7) is 1.63. The smallest absolute Gasteiger partial charge is 0.254 e. The van der Waals surface area contributed by atoms with Gasteiger partial charge in [-0.25, -0.2) is 8.78 Å². The van der Waals surface area contributed by atoms with Gasteiger partial charge in [0.15, 0.2) is 11.6 Å². The van der Waals surface area contributed by atoms with Crippen molar-refractivity contribution in [1.82, 2.24) is 5.32 Å². The lowest BCUT2D eigenvalue weighted by molar-refractivity contribution is -0.128. The fourth-order valence-electron chi connectivity index (χ4n) is 2.44. The third kappa shape index (κ3) is 4.74. The maximum absolute atomic E-state index is 14.1. The van der Waals surface area contributed by atoms with Gasteiger partial charge in [0.1, 0.15) is 18.5 Å². The van der Waals surface area contributed by atoms with Crippen LogP contribution in [0.4, 0.5) is 14.5 Å². The summed E-state index contributed by atoms with van der Waals surface area (Å²) in [5.41, 5.74) is 0.911. The van der Waals surface area contributed by atoms with Gasteiger partial charge in [-0.3, -0.25) is 4.79 Å². The average Bonchev–Trinajstić information content (AvgIpc) is 2.62. The van der Waals surface area contributed by atoms with Gasteiger partial charge in [0, 0.05) is 24.8 Å². The first-order valence-electron chi connectivity index (χ1n) is 7.92. The van der Waals surface area contributed by atoms with Crippen molar-refractivity contribution in [3.05, 3.63) is 59.7 Å². The van der Waals surface area contributed by atoms with Crippen molar-refractivity contribution in [2.45, 2.75) is 12.7 Å². The second-order valence-corrected chi connectivity index (χ2v) is 5.62. The first-order chi connectivity index (χ1) is 12.1. The standard InChI is InChI=1S/C18H18F2N2O3/c19-13-3-1-2-12(8-13)11-25-16-5-4-14(9-15(16)20)22-18(23)17-10-21-6-7-24-17/h1-5,8-9,17,21H,6-7,10-11H2,(H,22,23). The predicted molar refractivity (Wildman–Crippen MR) is 88.4 cm³/mol. The van der Waals surface area contributed by atoms with Crippen LogP contribution in [0.25, 0.3) is 0 Å². The molecular formula is C18H18F2N2O3. The first kappa shape index (κ1) is 17.3. The molecule has 2 aromatic carbocycles. The number of morpholine rings is 1. The molecule has 2 aromatic rings. The molecule has 0 spiro atoms. The van der Waals surface area contributed by atoms with E-state index in [4.69, 9.17) is 9.47 Å². The Morgan fingerprint density at radius 3 is 2.88 bits per heavy atom. The van der Waals surface area contributed by atoms with Crippen LogP contribution in [-0.4, -0.2) is 31.7 Å². The zero-order valence-corrected chi connectivity index (χ0v) is 13.4. The minimum Gasteiger partial charge on any atom is -0.486 e. The van der Waals surface area contributed by atoms with E-state index in [9.17, 15) is 13.6 Å². The summed E-state index contributed by atoms with van der Waals surface area (Å²) in [5, 5.41) is 5.66. The van der Waals surface area contributed by atoms with Gasteiger partial charge < -0.3 is 20.1 Å². The second kappa shape index (κ2) is 8.04. The normalized spacial score (nSPS) is 17.1. The topological polar surface area (TPSA) is 59.6 Å². The molecule has 25 heavy (non-hydrogen) atoms. The summed E-state index contributed by atoms with van der Waals surface area (Å²) >= 11 is 0. The SMILES string of the molecule is O=C(Nc1ccc(OCc2cccc(F)c2)c(F)c1)C1CNCCO1. The van der Waals surface area contributed by atoms with Gasteiger partial charge in [0.05, 0.1) is 6.61 Å². The molecule has 1 aliphatic rings. The largest absolute Gasteiger partial charge is 0.486 e. The Hall–Kier alpha value is -2.51. The Balaban J connectivity index is 1.59. The van der Waals surface area contributed by atoms with Crippen molar-refractivity contribution >= 4 is 11.6 Å². The third-order valence-corrected chi connectivity index (χ3v) is 3.70. The lowest BCUT2D eigenvalue weighted by atomic mass is 10.2. The second-order valence-electron chi connectivity index (χ2n) is 5.62. The van der Waals surface area contributed by atoms with Crippen LogP contribution >= 0.6 is 0 Å². The molecule has 7 heteroatoms. The first-order valence-corrected chi connectivity index (χ1v) is 7.92. The molecule has 132 valence electrons. The lowest BCUT2D eigenvalue weighted by Crippen LogP contribution is -2.45. The van der Waals surface area contributed by atoms with Gasteiger partial charge in [0.25, 0.3) is 5.91 Å². The summed E-state index contributed by atoms with van der Waals surface area (Å²) in [6.07, 6.45) is -0.597. The Bertz CT molecular complexity index is 749. The van der Waals surface area contributed by atoms with E-state index in [0.29, 0.717) is 30.9 Å². The third-order valence-electron chi connectivity index (χ3n) is 3.70. The summed E-state index contributed by atoms with van der Waals surface area (Å²) in [6, 6.07) is 10.0. The van der Waals surface area contributed by atoms with Crippen molar-refractivity contribution in [3.8, 4) is 5.75 Å². The molecule has 1 amide bonds. The molecule has 5 nitrogen and oxygen atoms in total. The number of ether oxygens (including phenoxy) is 2. The molecule has 1 unspecified atom stereocenters. The Morgan fingerprint density at radius 2 is 2.16 bits per heavy atom. The van der Waals surface area contributed by atoms with Crippen molar-refractivity contribution in [2.75, 3.05) is 25.0 Å². The van der Waals surface area contributed by atoms with E-state index in [1.54, 1.807) is 12.1 Å². The molecule has 0 bridgehead atoms. The highest BCUT2D eigenvalue weighted by atomic mass is 19.1. The van der Waals surface area contributed by atoms with E-state index in [0.717, 1.165) is 0 Å². The quantitative estimate of drug-likeness (QED) is 0.872. The molecular weight excluding hydrogens is 330 g/mol. The minimum atomic E-state index is -0.614. The number of carbonyl (C=O) groups is 1. The lowest BCUT2D eigenvalue weighted by Gasteiger charge is -2.22. The summed E-state index contributed by atoms with van der Waals surface area (Å²) in [7, 11) is 0. The van der Waals surface area contributed by atoms with E-state index in [2.05, 4.69) is 10.6 Å². The van der Waals surface area contributed by atoms with Gasteiger partial charge in [0.2, 0.25) is 0 Å². The molecule has 1 aliphatic heterocycles. The van der Waals surface area contributed by atoms with E-state index in [1.807, 2.05) is 0 Å². The number of amides is 1. The van der Waals surface area contributed by atoms with Crippen molar-refractivity contribution in [2.24, 2.45) is 0 Å². The maximum atomic E-state index is 14.1. The fraction of sp³-hybridized carbons (Fsp3) is 0.278. The van der Waals surface area contributed by atoms with Crippen LogP contribution in [0.3, 0.4) is 0 Å². The van der Waals surface area contributed by atoms with Crippen LogP contribution < -0.4 is 15.4 Å². The van der Waals surface area contributed by atoms with Crippen molar-refractivity contribution < 1.29 is 23.0 Å².